The summed E-state index contributed by atoms with van der Waals surface area (Å²) in [6.45, 7) is 0. The van der Waals surface area contributed by atoms with E-state index in [4.69, 9.17) is 9.97 Å². The molecule has 0 bridgehead atoms. The molecule has 0 atom stereocenters. The van der Waals surface area contributed by atoms with E-state index in [1.54, 1.807) is 6.07 Å². The number of nitrogens with zero attached hydrogens (tertiary/aromatic N) is 4. The van der Waals surface area contributed by atoms with Crippen LogP contribution in [0.2, 0.25) is 0 Å². The Balaban J connectivity index is 1.36. The maximum absolute atomic E-state index is 9.39. The van der Waals surface area contributed by atoms with E-state index in [1.165, 1.54) is 0 Å². The fraction of sp³-hybridized carbons (Fsp3) is 0. The molecule has 4 nitrogen and oxygen atoms in total. The fourth-order valence-corrected chi connectivity index (χ4v) is 5.52. The summed E-state index contributed by atoms with van der Waals surface area (Å²) in [5, 5.41) is 22.0. The van der Waals surface area contributed by atoms with Gasteiger partial charge in [0.05, 0.1) is 34.5 Å². The number of benzene rings is 6. The molecule has 0 spiro atoms. The molecule has 6 aromatic carbocycles. The summed E-state index contributed by atoms with van der Waals surface area (Å²) < 4.78 is 0. The molecule has 0 saturated carbocycles. The van der Waals surface area contributed by atoms with Gasteiger partial charge in [-0.2, -0.15) is 10.5 Å². The lowest BCUT2D eigenvalue weighted by Crippen LogP contribution is -1.96. The van der Waals surface area contributed by atoms with Crippen molar-refractivity contribution in [2.45, 2.75) is 0 Å². The van der Waals surface area contributed by atoms with Crippen molar-refractivity contribution in [3.8, 4) is 57.0 Å². The summed E-state index contributed by atoms with van der Waals surface area (Å²) in [6.07, 6.45) is 0. The van der Waals surface area contributed by atoms with Gasteiger partial charge in [0, 0.05) is 16.5 Å². The van der Waals surface area contributed by atoms with E-state index in [-0.39, 0.29) is 0 Å². The first-order chi connectivity index (χ1) is 20.7. The van der Waals surface area contributed by atoms with Crippen LogP contribution in [0.4, 0.5) is 0 Å². The fourth-order valence-electron chi connectivity index (χ4n) is 5.52. The highest BCUT2D eigenvalue weighted by Crippen LogP contribution is 2.38. The second-order valence-corrected chi connectivity index (χ2v) is 10.1. The zero-order valence-electron chi connectivity index (χ0n) is 22.5. The molecule has 0 aliphatic heterocycles. The van der Waals surface area contributed by atoms with Gasteiger partial charge in [-0.05, 0) is 57.3 Å². The lowest BCUT2D eigenvalue weighted by Gasteiger charge is -2.14. The van der Waals surface area contributed by atoms with Gasteiger partial charge >= 0.3 is 0 Å². The first-order valence-electron chi connectivity index (χ1n) is 13.6. The number of rotatable bonds is 4. The van der Waals surface area contributed by atoms with Crippen molar-refractivity contribution in [3.63, 3.8) is 0 Å². The van der Waals surface area contributed by atoms with E-state index < -0.39 is 0 Å². The Labute approximate surface area is 243 Å². The Morgan fingerprint density at radius 3 is 1.69 bits per heavy atom. The van der Waals surface area contributed by atoms with Crippen molar-refractivity contribution in [1.29, 1.82) is 10.5 Å². The number of aromatic nitrogens is 2. The van der Waals surface area contributed by atoms with Gasteiger partial charge in [-0.3, -0.25) is 0 Å². The lowest BCUT2D eigenvalue weighted by molar-refractivity contribution is 1.23. The Morgan fingerprint density at radius 2 is 1.00 bits per heavy atom. The van der Waals surface area contributed by atoms with Crippen LogP contribution in [0.25, 0.3) is 66.6 Å². The molecule has 0 N–H and O–H groups in total. The summed E-state index contributed by atoms with van der Waals surface area (Å²) in [6, 6.07) is 48.8. The average molecular weight is 535 g/mol. The SMILES string of the molecule is N#Cc1cc(C#N)cc(-c2ccc(-c3ccc(-c4nc(-c5ccccc5)nc5ccccc45)c4ccccc34)cc2)c1. The molecule has 0 fully saturated rings. The summed E-state index contributed by atoms with van der Waals surface area (Å²) in [4.78, 5) is 10.00. The summed E-state index contributed by atoms with van der Waals surface area (Å²) >= 11 is 0. The summed E-state index contributed by atoms with van der Waals surface area (Å²) in [5.74, 6) is 0.702. The topological polar surface area (TPSA) is 73.4 Å². The molecule has 194 valence electrons. The van der Waals surface area contributed by atoms with Gasteiger partial charge in [-0.1, -0.05) is 109 Å². The van der Waals surface area contributed by atoms with Crippen molar-refractivity contribution in [1.82, 2.24) is 9.97 Å². The normalized spacial score (nSPS) is 10.8. The summed E-state index contributed by atoms with van der Waals surface area (Å²) in [7, 11) is 0. The van der Waals surface area contributed by atoms with Crippen LogP contribution in [0.1, 0.15) is 11.1 Å². The summed E-state index contributed by atoms with van der Waals surface area (Å²) in [5.41, 5.74) is 8.79. The zero-order valence-corrected chi connectivity index (χ0v) is 22.5. The van der Waals surface area contributed by atoms with Gasteiger partial charge in [0.1, 0.15) is 0 Å². The molecule has 7 rings (SSSR count). The smallest absolute Gasteiger partial charge is 0.160 e. The third-order valence-corrected chi connectivity index (χ3v) is 7.53. The Morgan fingerprint density at radius 1 is 0.429 bits per heavy atom. The Hall–Kier alpha value is -6.10. The number of hydrogen-bond donors (Lipinski definition) is 0. The predicted molar refractivity (Wildman–Crippen MR) is 168 cm³/mol. The van der Waals surface area contributed by atoms with Crippen molar-refractivity contribution in [2.75, 3.05) is 0 Å². The minimum Gasteiger partial charge on any atom is -0.228 e. The average Bonchev–Trinajstić information content (AvgIpc) is 3.07. The molecule has 4 heteroatoms. The van der Waals surface area contributed by atoms with Gasteiger partial charge in [0.2, 0.25) is 0 Å². The molecule has 42 heavy (non-hydrogen) atoms. The standard InChI is InChI=1S/C38H22N4/c39-23-25-20-26(24-40)22-30(21-25)27-14-16-28(17-15-27)31-18-19-34(33-11-5-4-10-32(31)33)37-35-12-6-7-13-36(35)41-38(42-37)29-8-2-1-3-9-29/h1-22H. The highest BCUT2D eigenvalue weighted by Gasteiger charge is 2.16. The molecule has 1 heterocycles. The minimum absolute atomic E-state index is 0.474. The predicted octanol–water partition coefficient (Wildman–Crippen LogP) is 9.19. The van der Waals surface area contributed by atoms with Crippen LogP contribution in [0.5, 0.6) is 0 Å². The largest absolute Gasteiger partial charge is 0.228 e. The highest BCUT2D eigenvalue weighted by molar-refractivity contribution is 6.08. The Bertz CT molecular complexity index is 2170. The van der Waals surface area contributed by atoms with Crippen molar-refractivity contribution >= 4 is 21.7 Å². The lowest BCUT2D eigenvalue weighted by atomic mass is 9.91. The third-order valence-electron chi connectivity index (χ3n) is 7.53. The molecule has 0 saturated heterocycles. The molecule has 0 aliphatic rings. The van der Waals surface area contributed by atoms with E-state index in [1.807, 2.05) is 72.8 Å². The van der Waals surface area contributed by atoms with Gasteiger partial charge < -0.3 is 0 Å². The van der Waals surface area contributed by atoms with Gasteiger partial charge in [-0.25, -0.2) is 9.97 Å². The maximum Gasteiger partial charge on any atom is 0.160 e. The first-order valence-corrected chi connectivity index (χ1v) is 13.6. The van der Waals surface area contributed by atoms with Crippen LogP contribution in [-0.4, -0.2) is 9.97 Å². The number of para-hydroxylation sites is 1. The molecular formula is C38H22N4. The van der Waals surface area contributed by atoms with Crippen LogP contribution in [-0.2, 0) is 0 Å². The zero-order chi connectivity index (χ0) is 28.5. The number of hydrogen-bond acceptors (Lipinski definition) is 4. The maximum atomic E-state index is 9.39. The second kappa shape index (κ2) is 10.5. The minimum atomic E-state index is 0.474. The van der Waals surface area contributed by atoms with E-state index in [0.717, 1.165) is 60.8 Å². The second-order valence-electron chi connectivity index (χ2n) is 10.1. The van der Waals surface area contributed by atoms with Crippen LogP contribution >= 0.6 is 0 Å². The quantitative estimate of drug-likeness (QED) is 0.226. The van der Waals surface area contributed by atoms with Crippen LogP contribution in [0.3, 0.4) is 0 Å². The van der Waals surface area contributed by atoms with E-state index in [0.29, 0.717) is 17.0 Å². The van der Waals surface area contributed by atoms with Crippen LogP contribution < -0.4 is 0 Å². The van der Waals surface area contributed by atoms with E-state index >= 15 is 0 Å². The molecule has 7 aromatic rings. The Kier molecular flexibility index (Phi) is 6.21. The van der Waals surface area contributed by atoms with E-state index in [2.05, 4.69) is 66.7 Å². The number of nitriles is 2. The van der Waals surface area contributed by atoms with Crippen molar-refractivity contribution in [2.24, 2.45) is 0 Å². The van der Waals surface area contributed by atoms with Gasteiger partial charge in [0.15, 0.2) is 5.82 Å². The molecular weight excluding hydrogens is 512 g/mol. The number of fused-ring (bicyclic) bond motifs is 2. The van der Waals surface area contributed by atoms with Crippen LogP contribution in [0.15, 0.2) is 133 Å². The van der Waals surface area contributed by atoms with Crippen LogP contribution in [0, 0.1) is 22.7 Å². The molecule has 1 aromatic heterocycles. The van der Waals surface area contributed by atoms with E-state index in [9.17, 15) is 10.5 Å². The van der Waals surface area contributed by atoms with Crippen molar-refractivity contribution < 1.29 is 0 Å². The van der Waals surface area contributed by atoms with Gasteiger partial charge in [-0.15, -0.1) is 0 Å². The highest BCUT2D eigenvalue weighted by atomic mass is 14.9. The monoisotopic (exact) mass is 534 g/mol. The molecule has 0 radical (unpaired) electrons. The molecule has 0 amide bonds. The first kappa shape index (κ1) is 24.9. The van der Waals surface area contributed by atoms with Crippen molar-refractivity contribution in [3.05, 3.63) is 145 Å². The molecule has 0 unspecified atom stereocenters. The van der Waals surface area contributed by atoms with Gasteiger partial charge in [0.25, 0.3) is 0 Å². The third kappa shape index (κ3) is 4.44. The molecule has 0 aliphatic carbocycles.